The van der Waals surface area contributed by atoms with Crippen molar-refractivity contribution in [2.45, 2.75) is 32.2 Å². The van der Waals surface area contributed by atoms with Gasteiger partial charge in [-0.1, -0.05) is 30.3 Å². The summed E-state index contributed by atoms with van der Waals surface area (Å²) < 4.78 is 0. The zero-order chi connectivity index (χ0) is 13.8. The van der Waals surface area contributed by atoms with Gasteiger partial charge in [-0.15, -0.1) is 0 Å². The number of likely N-dealkylation sites (tertiary alicyclic amines) is 1. The van der Waals surface area contributed by atoms with Crippen molar-refractivity contribution < 1.29 is 10.0 Å². The van der Waals surface area contributed by atoms with Crippen LogP contribution >= 0.6 is 0 Å². The van der Waals surface area contributed by atoms with Crippen molar-refractivity contribution >= 4 is 11.7 Å². The van der Waals surface area contributed by atoms with Crippen LogP contribution in [0.4, 0.5) is 0 Å². The van der Waals surface area contributed by atoms with Gasteiger partial charge in [0.2, 0.25) is 0 Å². The second kappa shape index (κ2) is 5.73. The average Bonchev–Trinajstić information content (AvgIpc) is 2.95. The van der Waals surface area contributed by atoms with Crippen LogP contribution in [0.25, 0.3) is 0 Å². The molecule has 19 heavy (non-hydrogen) atoms. The lowest BCUT2D eigenvalue weighted by Gasteiger charge is -2.24. The van der Waals surface area contributed by atoms with Crippen LogP contribution in [0.2, 0.25) is 0 Å². The monoisotopic (exact) mass is 261 g/mol. The summed E-state index contributed by atoms with van der Waals surface area (Å²) in [6.07, 6.45) is 2.43. The van der Waals surface area contributed by atoms with Gasteiger partial charge >= 0.3 is 0 Å². The van der Waals surface area contributed by atoms with Crippen molar-refractivity contribution in [3.8, 4) is 0 Å². The summed E-state index contributed by atoms with van der Waals surface area (Å²) in [4.78, 5) is 14.3. The molecule has 0 aliphatic carbocycles. The molecule has 2 rings (SSSR count). The molecule has 1 saturated heterocycles. The maximum absolute atomic E-state index is 12.6. The molecule has 5 heteroatoms. The average molecular weight is 261 g/mol. The standard InChI is InChI=1S/C14H19N3O2/c1-2-10-6-3-4-7-11(10)14(18)17-9-5-8-12(17)13(15)16-19/h3-4,6-7,12,19H,2,5,8-9H2,1H3,(H2,15,16). The Hall–Kier alpha value is -2.04. The molecular weight excluding hydrogens is 242 g/mol. The van der Waals surface area contributed by atoms with E-state index in [2.05, 4.69) is 5.16 Å². The van der Waals surface area contributed by atoms with Gasteiger partial charge in [-0.25, -0.2) is 0 Å². The third-order valence-electron chi connectivity index (χ3n) is 3.60. The van der Waals surface area contributed by atoms with Crippen LogP contribution in [0.1, 0.15) is 35.7 Å². The summed E-state index contributed by atoms with van der Waals surface area (Å²) in [5, 5.41) is 11.8. The van der Waals surface area contributed by atoms with Gasteiger partial charge < -0.3 is 15.8 Å². The van der Waals surface area contributed by atoms with E-state index >= 15 is 0 Å². The fraction of sp³-hybridized carbons (Fsp3) is 0.429. The molecule has 0 radical (unpaired) electrons. The number of carbonyl (C=O) groups excluding carboxylic acids is 1. The van der Waals surface area contributed by atoms with Crippen LogP contribution in [0.3, 0.4) is 0 Å². The van der Waals surface area contributed by atoms with Crippen molar-refractivity contribution in [3.63, 3.8) is 0 Å². The fourth-order valence-corrected chi connectivity index (χ4v) is 2.58. The minimum atomic E-state index is -0.289. The lowest BCUT2D eigenvalue weighted by atomic mass is 10.0. The van der Waals surface area contributed by atoms with E-state index < -0.39 is 0 Å². The molecule has 1 atom stereocenters. The van der Waals surface area contributed by atoms with Crippen LogP contribution in [-0.2, 0) is 6.42 Å². The number of hydrogen-bond acceptors (Lipinski definition) is 3. The number of carbonyl (C=O) groups is 1. The molecule has 3 N–H and O–H groups in total. The van der Waals surface area contributed by atoms with Gasteiger partial charge in [-0.05, 0) is 30.9 Å². The predicted octanol–water partition coefficient (Wildman–Crippen LogP) is 1.60. The highest BCUT2D eigenvalue weighted by molar-refractivity contribution is 5.99. The fourth-order valence-electron chi connectivity index (χ4n) is 2.58. The van der Waals surface area contributed by atoms with Crippen molar-refractivity contribution in [2.24, 2.45) is 10.9 Å². The van der Waals surface area contributed by atoms with Crippen LogP contribution in [-0.4, -0.2) is 34.4 Å². The lowest BCUT2D eigenvalue weighted by molar-refractivity contribution is 0.0767. The number of amidine groups is 1. The number of rotatable bonds is 3. The minimum absolute atomic E-state index is 0.0356. The molecule has 5 nitrogen and oxygen atoms in total. The van der Waals surface area contributed by atoms with Gasteiger partial charge in [0.25, 0.3) is 5.91 Å². The van der Waals surface area contributed by atoms with Gasteiger partial charge in [0.1, 0.15) is 0 Å². The summed E-state index contributed by atoms with van der Waals surface area (Å²) in [6, 6.07) is 7.30. The van der Waals surface area contributed by atoms with Gasteiger partial charge in [-0.2, -0.15) is 0 Å². The quantitative estimate of drug-likeness (QED) is 0.375. The molecule has 1 fully saturated rings. The maximum Gasteiger partial charge on any atom is 0.254 e. The van der Waals surface area contributed by atoms with Gasteiger partial charge in [-0.3, -0.25) is 4.79 Å². The molecule has 0 spiro atoms. The number of benzene rings is 1. The second-order valence-corrected chi connectivity index (χ2v) is 4.69. The summed E-state index contributed by atoms with van der Waals surface area (Å²) in [6.45, 7) is 2.68. The normalized spacial score (nSPS) is 19.7. The van der Waals surface area contributed by atoms with Crippen LogP contribution in [0, 0.1) is 0 Å². The third-order valence-corrected chi connectivity index (χ3v) is 3.60. The van der Waals surface area contributed by atoms with E-state index in [0.29, 0.717) is 12.1 Å². The van der Waals surface area contributed by atoms with E-state index in [1.54, 1.807) is 4.90 Å². The maximum atomic E-state index is 12.6. The van der Waals surface area contributed by atoms with E-state index in [9.17, 15) is 4.79 Å². The molecule has 1 aliphatic rings. The van der Waals surface area contributed by atoms with Crippen LogP contribution < -0.4 is 5.73 Å². The molecule has 1 amide bonds. The summed E-state index contributed by atoms with van der Waals surface area (Å²) in [5.41, 5.74) is 7.40. The minimum Gasteiger partial charge on any atom is -0.409 e. The molecule has 1 heterocycles. The summed E-state index contributed by atoms with van der Waals surface area (Å²) in [7, 11) is 0. The van der Waals surface area contributed by atoms with E-state index in [1.165, 1.54) is 0 Å². The molecule has 1 unspecified atom stereocenters. The Labute approximate surface area is 112 Å². The zero-order valence-electron chi connectivity index (χ0n) is 11.0. The number of nitrogens with zero attached hydrogens (tertiary/aromatic N) is 2. The smallest absolute Gasteiger partial charge is 0.254 e. The Morgan fingerprint density at radius 1 is 1.53 bits per heavy atom. The molecule has 1 aliphatic heterocycles. The van der Waals surface area contributed by atoms with Crippen molar-refractivity contribution in [3.05, 3.63) is 35.4 Å². The largest absolute Gasteiger partial charge is 0.409 e. The summed E-state index contributed by atoms with van der Waals surface area (Å²) in [5.74, 6) is 0.0754. The second-order valence-electron chi connectivity index (χ2n) is 4.69. The van der Waals surface area contributed by atoms with Crippen LogP contribution in [0.15, 0.2) is 29.4 Å². The third kappa shape index (κ3) is 2.54. The van der Waals surface area contributed by atoms with E-state index in [4.69, 9.17) is 10.9 Å². The number of hydrogen-bond donors (Lipinski definition) is 2. The van der Waals surface area contributed by atoms with E-state index in [0.717, 1.165) is 24.8 Å². The molecule has 102 valence electrons. The van der Waals surface area contributed by atoms with Crippen LogP contribution in [0.5, 0.6) is 0 Å². The number of nitrogens with two attached hydrogens (primary N) is 1. The lowest BCUT2D eigenvalue weighted by Crippen LogP contribution is -2.44. The van der Waals surface area contributed by atoms with E-state index in [1.807, 2.05) is 31.2 Å². The van der Waals surface area contributed by atoms with Gasteiger partial charge in [0.15, 0.2) is 5.84 Å². The van der Waals surface area contributed by atoms with Gasteiger partial charge in [0, 0.05) is 12.1 Å². The SMILES string of the molecule is CCc1ccccc1C(=O)N1CCCC1/C(N)=N/O. The Bertz CT molecular complexity index is 499. The molecule has 1 aromatic rings. The first-order valence-corrected chi connectivity index (χ1v) is 6.55. The Kier molecular flexibility index (Phi) is 4.04. The molecule has 1 aromatic carbocycles. The van der Waals surface area contributed by atoms with Gasteiger partial charge in [0.05, 0.1) is 6.04 Å². The predicted molar refractivity (Wildman–Crippen MR) is 73.3 cm³/mol. The first-order chi connectivity index (χ1) is 9.19. The Morgan fingerprint density at radius 3 is 2.95 bits per heavy atom. The number of aryl methyl sites for hydroxylation is 1. The Morgan fingerprint density at radius 2 is 2.26 bits per heavy atom. The number of amides is 1. The molecule has 0 saturated carbocycles. The highest BCUT2D eigenvalue weighted by Crippen LogP contribution is 2.22. The zero-order valence-corrected chi connectivity index (χ0v) is 11.0. The first-order valence-electron chi connectivity index (χ1n) is 6.55. The highest BCUT2D eigenvalue weighted by atomic mass is 16.4. The molecule has 0 bridgehead atoms. The molecular formula is C14H19N3O2. The van der Waals surface area contributed by atoms with Crippen molar-refractivity contribution in [1.82, 2.24) is 4.90 Å². The van der Waals surface area contributed by atoms with Crippen molar-refractivity contribution in [2.75, 3.05) is 6.54 Å². The van der Waals surface area contributed by atoms with E-state index in [-0.39, 0.29) is 17.8 Å². The summed E-state index contributed by atoms with van der Waals surface area (Å²) >= 11 is 0. The van der Waals surface area contributed by atoms with Crippen molar-refractivity contribution in [1.29, 1.82) is 0 Å². The topological polar surface area (TPSA) is 78.9 Å². The Balaban J connectivity index is 2.28. The first kappa shape index (κ1) is 13.4. The molecule has 0 aromatic heterocycles. The number of oxime groups is 1. The highest BCUT2D eigenvalue weighted by Gasteiger charge is 2.32.